The number of benzene rings is 6. The van der Waals surface area contributed by atoms with Crippen LogP contribution in [0.3, 0.4) is 0 Å². The minimum Gasteiger partial charge on any atom is -0.508 e. The van der Waals surface area contributed by atoms with Crippen molar-refractivity contribution < 1.29 is 60.0 Å². The minimum atomic E-state index is -1.35. The molecular formula is C45H34O12. The van der Waals surface area contributed by atoms with E-state index in [0.29, 0.717) is 16.7 Å². The first-order valence-electron chi connectivity index (χ1n) is 17.9. The van der Waals surface area contributed by atoms with Crippen LogP contribution in [0.15, 0.2) is 121 Å². The second-order valence-electron chi connectivity index (χ2n) is 14.3. The number of phenolic OH excluding ortho intramolecular Hbond substituents is 8. The lowest BCUT2D eigenvalue weighted by Gasteiger charge is -2.51. The van der Waals surface area contributed by atoms with Crippen molar-refractivity contribution in [2.45, 2.75) is 23.9 Å². The maximum atomic E-state index is 15.1. The lowest BCUT2D eigenvalue weighted by molar-refractivity contribution is 0.0452. The Bertz CT molecular complexity index is 2560. The fraction of sp³-hybridized carbons (Fsp3) is 0.133. The summed E-state index contributed by atoms with van der Waals surface area (Å²) in [7, 11) is 0. The second-order valence-corrected chi connectivity index (χ2v) is 14.3. The summed E-state index contributed by atoms with van der Waals surface area (Å²) >= 11 is 0. The predicted octanol–water partition coefficient (Wildman–Crippen LogP) is 7.31. The molecule has 0 spiro atoms. The average Bonchev–Trinajstić information content (AvgIpc) is 3.57. The summed E-state index contributed by atoms with van der Waals surface area (Å²) in [5.74, 6) is -9.54. The number of ketones is 3. The van der Waals surface area contributed by atoms with Gasteiger partial charge in [0.25, 0.3) is 0 Å². The average molecular weight is 767 g/mol. The number of rotatable bonds is 9. The number of hydrogen-bond acceptors (Lipinski definition) is 12. The molecule has 2 aliphatic rings. The molecule has 1 heterocycles. The molecule has 286 valence electrons. The summed E-state index contributed by atoms with van der Waals surface area (Å²) in [5.41, 5.74) is 0.899. The fourth-order valence-electron chi connectivity index (χ4n) is 8.35. The Labute approximate surface area is 324 Å². The van der Waals surface area contributed by atoms with Gasteiger partial charge in [-0.05, 0) is 89.5 Å². The summed E-state index contributed by atoms with van der Waals surface area (Å²) in [4.78, 5) is 44.1. The van der Waals surface area contributed by atoms with Crippen LogP contribution in [0.4, 0.5) is 0 Å². The smallest absolute Gasteiger partial charge is 0.178 e. The van der Waals surface area contributed by atoms with Crippen molar-refractivity contribution in [3.05, 3.63) is 160 Å². The molecule has 1 fully saturated rings. The van der Waals surface area contributed by atoms with E-state index in [1.807, 2.05) is 0 Å². The van der Waals surface area contributed by atoms with E-state index < -0.39 is 70.3 Å². The fourth-order valence-corrected chi connectivity index (χ4v) is 8.35. The van der Waals surface area contributed by atoms with Gasteiger partial charge < -0.3 is 45.6 Å². The Hall–Kier alpha value is -7.47. The quantitative estimate of drug-likeness (QED) is 0.0679. The summed E-state index contributed by atoms with van der Waals surface area (Å²) in [6.07, 6.45) is -1.10. The Morgan fingerprint density at radius 3 is 1.26 bits per heavy atom. The molecular weight excluding hydrogens is 732 g/mol. The third-order valence-corrected chi connectivity index (χ3v) is 11.0. The largest absolute Gasteiger partial charge is 0.508 e. The lowest BCUT2D eigenvalue weighted by atomic mass is 9.49. The number of Topliss-reactive ketones (excluding diaryl/α,β-unsaturated/α-hetero) is 3. The number of phenols is 8. The number of carbonyl (C=O) groups excluding carboxylic acids is 3. The van der Waals surface area contributed by atoms with E-state index in [-0.39, 0.29) is 56.8 Å². The highest BCUT2D eigenvalue weighted by atomic mass is 16.5. The van der Waals surface area contributed by atoms with Crippen molar-refractivity contribution in [1.29, 1.82) is 0 Å². The summed E-state index contributed by atoms with van der Waals surface area (Å²) in [6, 6.07) is 27.7. The van der Waals surface area contributed by atoms with Crippen molar-refractivity contribution in [3.8, 4) is 51.7 Å². The van der Waals surface area contributed by atoms with E-state index in [1.54, 1.807) is 24.3 Å². The molecule has 0 bridgehead atoms. The Kier molecular flexibility index (Phi) is 8.96. The van der Waals surface area contributed by atoms with Crippen LogP contribution in [0, 0.1) is 11.8 Å². The molecule has 1 aliphatic carbocycles. The van der Waals surface area contributed by atoms with Crippen LogP contribution in [0.1, 0.15) is 77.2 Å². The van der Waals surface area contributed by atoms with Crippen LogP contribution in [0.2, 0.25) is 0 Å². The first kappa shape index (κ1) is 36.5. The van der Waals surface area contributed by atoms with Crippen LogP contribution in [-0.4, -0.2) is 58.2 Å². The first-order valence-corrected chi connectivity index (χ1v) is 17.9. The van der Waals surface area contributed by atoms with Gasteiger partial charge in [-0.1, -0.05) is 36.4 Å². The maximum Gasteiger partial charge on any atom is 0.178 e. The molecule has 1 aliphatic heterocycles. The number of hydrogen-bond donors (Lipinski definition) is 8. The van der Waals surface area contributed by atoms with Crippen LogP contribution in [0.5, 0.6) is 51.7 Å². The molecule has 6 atom stereocenters. The Balaban J connectivity index is 1.28. The normalized spacial score (nSPS) is 20.8. The molecule has 12 heteroatoms. The van der Waals surface area contributed by atoms with E-state index in [4.69, 9.17) is 4.74 Å². The van der Waals surface area contributed by atoms with Gasteiger partial charge >= 0.3 is 0 Å². The van der Waals surface area contributed by atoms with E-state index >= 15 is 4.79 Å². The molecule has 6 aromatic rings. The number of fused-ring (bicyclic) bond motifs is 1. The van der Waals surface area contributed by atoms with Gasteiger partial charge in [0.2, 0.25) is 0 Å². The van der Waals surface area contributed by atoms with E-state index in [0.717, 1.165) is 12.1 Å². The highest BCUT2D eigenvalue weighted by molar-refractivity contribution is 6.11. The van der Waals surface area contributed by atoms with Crippen LogP contribution < -0.4 is 4.74 Å². The molecule has 57 heavy (non-hydrogen) atoms. The van der Waals surface area contributed by atoms with Gasteiger partial charge in [0.1, 0.15) is 57.8 Å². The molecule has 0 aromatic heterocycles. The maximum absolute atomic E-state index is 15.1. The number of carbonyl (C=O) groups is 3. The summed E-state index contributed by atoms with van der Waals surface area (Å²) in [5, 5.41) is 83.9. The molecule has 1 saturated carbocycles. The number of aromatic hydroxyl groups is 8. The van der Waals surface area contributed by atoms with Gasteiger partial charge in [-0.3, -0.25) is 14.4 Å². The molecule has 0 saturated heterocycles. The zero-order chi connectivity index (χ0) is 40.3. The predicted molar refractivity (Wildman–Crippen MR) is 204 cm³/mol. The number of ether oxygens (including phenoxy) is 1. The monoisotopic (exact) mass is 766 g/mol. The van der Waals surface area contributed by atoms with Crippen molar-refractivity contribution in [2.75, 3.05) is 0 Å². The van der Waals surface area contributed by atoms with Crippen molar-refractivity contribution in [2.24, 2.45) is 11.8 Å². The van der Waals surface area contributed by atoms with Crippen molar-refractivity contribution >= 4 is 17.3 Å². The second kappa shape index (κ2) is 14.0. The van der Waals surface area contributed by atoms with E-state index in [2.05, 4.69) is 0 Å². The van der Waals surface area contributed by atoms with Crippen molar-refractivity contribution in [1.82, 2.24) is 0 Å². The molecule has 8 rings (SSSR count). The SMILES string of the molecule is O=C(c1ccc(O)cc1O)C1c2c(ccc(C(=O)C3C(C(=O)c4ccc(O)cc4O)C(c4ccc(O)cc4)C3c3ccc(O)cc3)c2O)OC1c1ccc(O)cc1. The highest BCUT2D eigenvalue weighted by Gasteiger charge is 2.59. The van der Waals surface area contributed by atoms with E-state index in [1.165, 1.54) is 84.9 Å². The molecule has 6 aromatic carbocycles. The minimum absolute atomic E-state index is 0.0356. The Morgan fingerprint density at radius 2 is 0.807 bits per heavy atom. The Morgan fingerprint density at radius 1 is 0.421 bits per heavy atom. The van der Waals surface area contributed by atoms with Gasteiger partial charge in [-0.2, -0.15) is 0 Å². The summed E-state index contributed by atoms with van der Waals surface area (Å²) in [6.45, 7) is 0. The van der Waals surface area contributed by atoms with Gasteiger partial charge in [-0.15, -0.1) is 0 Å². The standard InChI is InChI=1S/C45H34O12/c46-24-7-1-21(2-8-24)35-36(22-3-9-25(47)10-4-22)39(38(35)41(53)29-15-13-27(49)19-32(29)51)44(56)31-17-18-34-37(43(31)55)40(42(54)30-16-14-28(50)20-33(30)52)45(57-34)23-5-11-26(48)12-6-23/h1-20,35-36,38-40,45-52,55H. The molecule has 0 radical (unpaired) electrons. The molecule has 6 unspecified atom stereocenters. The van der Waals surface area contributed by atoms with Gasteiger partial charge in [0.15, 0.2) is 17.3 Å². The third kappa shape index (κ3) is 6.26. The van der Waals surface area contributed by atoms with Crippen LogP contribution >= 0.6 is 0 Å². The lowest BCUT2D eigenvalue weighted by Crippen LogP contribution is -2.51. The highest BCUT2D eigenvalue weighted by Crippen LogP contribution is 2.61. The third-order valence-electron chi connectivity index (χ3n) is 11.0. The topological polar surface area (TPSA) is 222 Å². The first-order chi connectivity index (χ1) is 27.3. The van der Waals surface area contributed by atoms with E-state index in [9.17, 15) is 50.4 Å². The zero-order valence-electron chi connectivity index (χ0n) is 29.7. The van der Waals surface area contributed by atoms with Gasteiger partial charge in [-0.25, -0.2) is 0 Å². The molecule has 0 amide bonds. The van der Waals surface area contributed by atoms with Gasteiger partial charge in [0.05, 0.1) is 28.2 Å². The van der Waals surface area contributed by atoms with Crippen molar-refractivity contribution in [3.63, 3.8) is 0 Å². The zero-order valence-corrected chi connectivity index (χ0v) is 29.7. The van der Waals surface area contributed by atoms with Gasteiger partial charge in [0, 0.05) is 35.8 Å². The summed E-state index contributed by atoms with van der Waals surface area (Å²) < 4.78 is 6.24. The molecule has 12 nitrogen and oxygen atoms in total. The molecule has 8 N–H and O–H groups in total. The van der Waals surface area contributed by atoms with Crippen LogP contribution in [-0.2, 0) is 0 Å². The van der Waals surface area contributed by atoms with Crippen LogP contribution in [0.25, 0.3) is 0 Å².